The van der Waals surface area contributed by atoms with E-state index in [1.165, 1.54) is 19.4 Å². The van der Waals surface area contributed by atoms with Crippen LogP contribution in [0.4, 0.5) is 0 Å². The molecule has 7 heteroatoms. The second-order valence-electron chi connectivity index (χ2n) is 7.16. The summed E-state index contributed by atoms with van der Waals surface area (Å²) < 4.78 is 5.75. The van der Waals surface area contributed by atoms with E-state index in [4.69, 9.17) is 10.5 Å². The van der Waals surface area contributed by atoms with Crippen LogP contribution in [-0.2, 0) is 6.54 Å². The molecule has 154 valence electrons. The number of likely N-dealkylation sites (tertiary alicyclic amines) is 1. The van der Waals surface area contributed by atoms with Crippen LogP contribution in [0.3, 0.4) is 0 Å². The number of benzene rings is 1. The number of hydrogen-bond donors (Lipinski definition) is 2. The number of nitrogens with two attached hydrogens (primary N) is 1. The van der Waals surface area contributed by atoms with Crippen LogP contribution in [-0.4, -0.2) is 68.7 Å². The van der Waals surface area contributed by atoms with Crippen LogP contribution in [0.25, 0.3) is 0 Å². The van der Waals surface area contributed by atoms with E-state index in [-0.39, 0.29) is 24.0 Å². The van der Waals surface area contributed by atoms with Gasteiger partial charge in [0.2, 0.25) is 0 Å². The Morgan fingerprint density at radius 3 is 2.74 bits per heavy atom. The van der Waals surface area contributed by atoms with Crippen LogP contribution in [0, 0.1) is 0 Å². The molecule has 1 aliphatic rings. The lowest BCUT2D eigenvalue weighted by Gasteiger charge is -2.23. The van der Waals surface area contributed by atoms with Gasteiger partial charge in [0, 0.05) is 19.1 Å². The summed E-state index contributed by atoms with van der Waals surface area (Å²) in [6.07, 6.45) is 3.54. The van der Waals surface area contributed by atoms with Crippen molar-refractivity contribution in [1.29, 1.82) is 0 Å². The summed E-state index contributed by atoms with van der Waals surface area (Å²) in [6, 6.07) is 8.68. The van der Waals surface area contributed by atoms with E-state index >= 15 is 0 Å². The highest BCUT2D eigenvalue weighted by molar-refractivity contribution is 14.0. The average molecular weight is 489 g/mol. The Hall–Kier alpha value is -1.06. The Kier molecular flexibility index (Phi) is 11.7. The third-order valence-electron chi connectivity index (χ3n) is 4.80. The monoisotopic (exact) mass is 489 g/mol. The highest BCUT2D eigenvalue weighted by Crippen LogP contribution is 2.15. The van der Waals surface area contributed by atoms with Crippen molar-refractivity contribution in [2.24, 2.45) is 10.7 Å². The lowest BCUT2D eigenvalue weighted by Crippen LogP contribution is -2.42. The summed E-state index contributed by atoms with van der Waals surface area (Å²) in [4.78, 5) is 9.11. The van der Waals surface area contributed by atoms with Gasteiger partial charge in [-0.25, -0.2) is 4.99 Å². The van der Waals surface area contributed by atoms with Crippen molar-refractivity contribution in [2.45, 2.75) is 38.8 Å². The van der Waals surface area contributed by atoms with Crippen LogP contribution < -0.4 is 15.8 Å². The molecule has 1 unspecified atom stereocenters. The lowest BCUT2D eigenvalue weighted by atomic mass is 10.2. The van der Waals surface area contributed by atoms with Gasteiger partial charge in [0.1, 0.15) is 5.75 Å². The van der Waals surface area contributed by atoms with Gasteiger partial charge in [0.05, 0.1) is 13.2 Å². The van der Waals surface area contributed by atoms with Gasteiger partial charge >= 0.3 is 0 Å². The molecule has 27 heavy (non-hydrogen) atoms. The molecular weight excluding hydrogens is 453 g/mol. The molecular formula is C20H36IN5O. The average Bonchev–Trinajstić information content (AvgIpc) is 3.10. The molecule has 3 N–H and O–H groups in total. The van der Waals surface area contributed by atoms with Gasteiger partial charge in [-0.2, -0.15) is 0 Å². The Morgan fingerprint density at radius 2 is 2.07 bits per heavy atom. The van der Waals surface area contributed by atoms with Crippen molar-refractivity contribution < 1.29 is 4.74 Å². The summed E-state index contributed by atoms with van der Waals surface area (Å²) >= 11 is 0. The van der Waals surface area contributed by atoms with Gasteiger partial charge in [-0.15, -0.1) is 24.0 Å². The van der Waals surface area contributed by atoms with Gasteiger partial charge in [0.25, 0.3) is 0 Å². The van der Waals surface area contributed by atoms with E-state index in [2.05, 4.69) is 41.1 Å². The standard InChI is InChI=1S/C20H35N5O.HI/c1-4-25-13-5-7-18(25)16-23-20(21)22-15-17-8-10-19(11-9-17)26-14-6-12-24(2)3;/h8-11,18H,4-7,12-16H2,1-3H3,(H3,21,22,23);1H. The SMILES string of the molecule is CCN1CCCC1CNC(N)=NCc1ccc(OCCCN(C)C)cc1.I. The molecule has 0 radical (unpaired) electrons. The maximum absolute atomic E-state index is 6.01. The minimum atomic E-state index is 0. The first-order valence-electron chi connectivity index (χ1n) is 9.72. The van der Waals surface area contributed by atoms with Gasteiger partial charge in [0.15, 0.2) is 5.96 Å². The largest absolute Gasteiger partial charge is 0.494 e. The zero-order valence-electron chi connectivity index (χ0n) is 17.0. The summed E-state index contributed by atoms with van der Waals surface area (Å²) in [5.74, 6) is 1.43. The number of hydrogen-bond acceptors (Lipinski definition) is 4. The van der Waals surface area contributed by atoms with E-state index in [0.29, 0.717) is 18.5 Å². The molecule has 0 aromatic heterocycles. The minimum Gasteiger partial charge on any atom is -0.494 e. The number of guanidine groups is 1. The van der Waals surface area contributed by atoms with Crippen molar-refractivity contribution in [3.63, 3.8) is 0 Å². The van der Waals surface area contributed by atoms with Crippen molar-refractivity contribution in [3.8, 4) is 5.75 Å². The fourth-order valence-corrected chi connectivity index (χ4v) is 3.26. The Labute approximate surface area is 181 Å². The fraction of sp³-hybridized carbons (Fsp3) is 0.650. The van der Waals surface area contributed by atoms with Crippen LogP contribution >= 0.6 is 24.0 Å². The number of ether oxygens (including phenoxy) is 1. The second-order valence-corrected chi connectivity index (χ2v) is 7.16. The van der Waals surface area contributed by atoms with Gasteiger partial charge in [-0.05, 0) is 64.1 Å². The smallest absolute Gasteiger partial charge is 0.188 e. The number of nitrogens with zero attached hydrogens (tertiary/aromatic N) is 3. The summed E-state index contributed by atoms with van der Waals surface area (Å²) in [6.45, 7) is 7.76. The number of rotatable bonds is 10. The number of halogens is 1. The quantitative estimate of drug-likeness (QED) is 0.229. The van der Waals surface area contributed by atoms with E-state index in [1.807, 2.05) is 24.3 Å². The number of nitrogens with one attached hydrogen (secondary N) is 1. The van der Waals surface area contributed by atoms with E-state index < -0.39 is 0 Å². The zero-order valence-corrected chi connectivity index (χ0v) is 19.3. The molecule has 1 aromatic carbocycles. The summed E-state index contributed by atoms with van der Waals surface area (Å²) in [5.41, 5.74) is 7.14. The zero-order chi connectivity index (χ0) is 18.8. The number of likely N-dealkylation sites (N-methyl/N-ethyl adjacent to an activating group) is 1. The predicted octanol–water partition coefficient (Wildman–Crippen LogP) is 2.52. The second kappa shape index (κ2) is 13.2. The summed E-state index contributed by atoms with van der Waals surface area (Å²) in [7, 11) is 4.15. The van der Waals surface area contributed by atoms with Crippen molar-refractivity contribution in [2.75, 3.05) is 46.9 Å². The molecule has 1 aromatic rings. The molecule has 0 bridgehead atoms. The third kappa shape index (κ3) is 9.12. The molecule has 1 heterocycles. The minimum absolute atomic E-state index is 0. The predicted molar refractivity (Wildman–Crippen MR) is 124 cm³/mol. The molecule has 6 nitrogen and oxygen atoms in total. The molecule has 0 amide bonds. The topological polar surface area (TPSA) is 66.1 Å². The highest BCUT2D eigenvalue weighted by atomic mass is 127. The van der Waals surface area contributed by atoms with Crippen LogP contribution in [0.2, 0.25) is 0 Å². The fourth-order valence-electron chi connectivity index (χ4n) is 3.26. The molecule has 0 aliphatic carbocycles. The molecule has 2 rings (SSSR count). The Morgan fingerprint density at radius 1 is 1.33 bits per heavy atom. The van der Waals surface area contributed by atoms with Gasteiger partial charge in [-0.3, -0.25) is 4.90 Å². The first-order valence-corrected chi connectivity index (χ1v) is 9.72. The van der Waals surface area contributed by atoms with Crippen LogP contribution in [0.1, 0.15) is 31.7 Å². The first-order chi connectivity index (χ1) is 12.6. The van der Waals surface area contributed by atoms with E-state index in [9.17, 15) is 0 Å². The highest BCUT2D eigenvalue weighted by Gasteiger charge is 2.22. The Balaban J connectivity index is 0.00000364. The van der Waals surface area contributed by atoms with Gasteiger partial charge < -0.3 is 20.7 Å². The third-order valence-corrected chi connectivity index (χ3v) is 4.80. The summed E-state index contributed by atoms with van der Waals surface area (Å²) in [5, 5.41) is 3.27. The van der Waals surface area contributed by atoms with Crippen LogP contribution in [0.5, 0.6) is 5.75 Å². The molecule has 1 saturated heterocycles. The lowest BCUT2D eigenvalue weighted by molar-refractivity contribution is 0.267. The normalized spacial score (nSPS) is 17.8. The molecule has 0 saturated carbocycles. The molecule has 1 aliphatic heterocycles. The van der Waals surface area contributed by atoms with Crippen molar-refractivity contribution in [3.05, 3.63) is 29.8 Å². The molecule has 0 spiro atoms. The van der Waals surface area contributed by atoms with Crippen LogP contribution in [0.15, 0.2) is 29.3 Å². The van der Waals surface area contributed by atoms with Crippen molar-refractivity contribution in [1.82, 2.24) is 15.1 Å². The molecule has 1 fully saturated rings. The molecule has 1 atom stereocenters. The van der Waals surface area contributed by atoms with Crippen molar-refractivity contribution >= 4 is 29.9 Å². The number of aliphatic imine (C=N–C) groups is 1. The first kappa shape index (κ1) is 24.0. The maximum atomic E-state index is 6.01. The van der Waals surface area contributed by atoms with E-state index in [0.717, 1.165) is 44.0 Å². The van der Waals surface area contributed by atoms with E-state index in [1.54, 1.807) is 0 Å². The Bertz CT molecular complexity index is 550. The maximum Gasteiger partial charge on any atom is 0.188 e. The van der Waals surface area contributed by atoms with Gasteiger partial charge in [-0.1, -0.05) is 19.1 Å².